The van der Waals surface area contributed by atoms with E-state index in [0.717, 1.165) is 29.0 Å². The molecule has 2 aliphatic rings. The van der Waals surface area contributed by atoms with E-state index in [1.54, 1.807) is 7.11 Å². The second-order valence-electron chi connectivity index (χ2n) is 9.15. The molecule has 7 heteroatoms. The maximum atomic E-state index is 13.9. The molecule has 180 valence electrons. The van der Waals surface area contributed by atoms with E-state index >= 15 is 0 Å². The van der Waals surface area contributed by atoms with Crippen molar-refractivity contribution in [3.05, 3.63) is 88.1 Å². The average Bonchev–Trinajstić information content (AvgIpc) is 3.63. The van der Waals surface area contributed by atoms with Crippen molar-refractivity contribution in [3.8, 4) is 5.75 Å². The molecule has 0 spiro atoms. The van der Waals surface area contributed by atoms with Crippen molar-refractivity contribution in [2.24, 2.45) is 0 Å². The minimum absolute atomic E-state index is 0.000126. The monoisotopic (exact) mass is 488 g/mol. The second-order valence-corrected chi connectivity index (χ2v) is 10.2. The maximum Gasteiger partial charge on any atom is 0.241 e. The zero-order valence-electron chi connectivity index (χ0n) is 19.7. The molecule has 0 saturated carbocycles. The quantitative estimate of drug-likeness (QED) is 0.452. The van der Waals surface area contributed by atoms with Gasteiger partial charge in [-0.1, -0.05) is 54.6 Å². The minimum atomic E-state index is -1.19. The smallest absolute Gasteiger partial charge is 0.241 e. The van der Waals surface area contributed by atoms with Gasteiger partial charge in [-0.15, -0.1) is 11.3 Å². The number of ether oxygens (including phenoxy) is 1. The lowest BCUT2D eigenvalue weighted by Gasteiger charge is -2.32. The highest BCUT2D eigenvalue weighted by Gasteiger charge is 2.54. The fraction of sp³-hybridized carbons (Fsp3) is 0.321. The number of nitrogens with zero attached hydrogens (tertiary/aromatic N) is 2. The Labute approximate surface area is 209 Å². The van der Waals surface area contributed by atoms with Crippen molar-refractivity contribution >= 4 is 29.1 Å². The molecule has 0 N–H and O–H groups in total. The molecule has 2 saturated heterocycles. The van der Waals surface area contributed by atoms with Crippen LogP contribution in [-0.2, 0) is 26.3 Å². The SMILES string of the molecule is COc1ccccc1[C@@H]1CCCN1C(=O)C[C@@]1(c2ccccc2)CC(=O)N(Cc2cccs2)C1=O. The predicted octanol–water partition coefficient (Wildman–Crippen LogP) is 4.71. The molecular weight excluding hydrogens is 460 g/mol. The van der Waals surface area contributed by atoms with E-state index in [0.29, 0.717) is 12.1 Å². The van der Waals surface area contributed by atoms with E-state index in [4.69, 9.17) is 4.74 Å². The molecule has 2 fully saturated rings. The number of benzene rings is 2. The van der Waals surface area contributed by atoms with E-state index in [1.807, 2.05) is 77.0 Å². The van der Waals surface area contributed by atoms with Crippen LogP contribution in [0.1, 0.15) is 47.7 Å². The van der Waals surface area contributed by atoms with Crippen LogP contribution >= 0.6 is 11.3 Å². The summed E-state index contributed by atoms with van der Waals surface area (Å²) >= 11 is 1.51. The van der Waals surface area contributed by atoms with Crippen LogP contribution in [0.4, 0.5) is 0 Å². The van der Waals surface area contributed by atoms with Crippen LogP contribution in [0.5, 0.6) is 5.75 Å². The van der Waals surface area contributed by atoms with Crippen molar-refractivity contribution in [1.29, 1.82) is 0 Å². The zero-order valence-corrected chi connectivity index (χ0v) is 20.5. The first kappa shape index (κ1) is 23.3. The third kappa shape index (κ3) is 4.25. The first-order valence-corrected chi connectivity index (χ1v) is 12.8. The maximum absolute atomic E-state index is 13.9. The summed E-state index contributed by atoms with van der Waals surface area (Å²) in [7, 11) is 1.63. The van der Waals surface area contributed by atoms with Gasteiger partial charge in [0, 0.05) is 29.8 Å². The second kappa shape index (κ2) is 9.66. The van der Waals surface area contributed by atoms with Crippen LogP contribution in [0.2, 0.25) is 0 Å². The highest BCUT2D eigenvalue weighted by molar-refractivity contribution is 7.09. The molecule has 2 atom stereocenters. The van der Waals surface area contributed by atoms with Gasteiger partial charge in [-0.25, -0.2) is 0 Å². The van der Waals surface area contributed by atoms with Gasteiger partial charge in [0.2, 0.25) is 17.7 Å². The Morgan fingerprint density at radius 2 is 1.83 bits per heavy atom. The molecule has 3 heterocycles. The largest absolute Gasteiger partial charge is 0.496 e. The number of hydrogen-bond acceptors (Lipinski definition) is 5. The van der Waals surface area contributed by atoms with Gasteiger partial charge < -0.3 is 9.64 Å². The van der Waals surface area contributed by atoms with Gasteiger partial charge in [0.25, 0.3) is 0 Å². The van der Waals surface area contributed by atoms with Gasteiger partial charge in [-0.3, -0.25) is 19.3 Å². The van der Waals surface area contributed by atoms with E-state index in [-0.39, 0.29) is 43.1 Å². The van der Waals surface area contributed by atoms with Crippen LogP contribution in [0, 0.1) is 0 Å². The Bertz CT molecular complexity index is 1230. The number of para-hydroxylation sites is 1. The van der Waals surface area contributed by atoms with Gasteiger partial charge in [0.05, 0.1) is 25.1 Å². The average molecular weight is 489 g/mol. The van der Waals surface area contributed by atoms with Crippen LogP contribution in [-0.4, -0.2) is 41.2 Å². The summed E-state index contributed by atoms with van der Waals surface area (Å²) in [6.45, 7) is 0.860. The number of methoxy groups -OCH3 is 1. The molecule has 3 aromatic rings. The van der Waals surface area contributed by atoms with Crippen molar-refractivity contribution < 1.29 is 19.1 Å². The van der Waals surface area contributed by atoms with Crippen LogP contribution in [0.25, 0.3) is 0 Å². The van der Waals surface area contributed by atoms with Crippen molar-refractivity contribution in [1.82, 2.24) is 9.80 Å². The van der Waals surface area contributed by atoms with Gasteiger partial charge in [0.1, 0.15) is 5.75 Å². The Balaban J connectivity index is 1.46. The van der Waals surface area contributed by atoms with Crippen LogP contribution in [0.3, 0.4) is 0 Å². The molecule has 1 aromatic heterocycles. The highest BCUT2D eigenvalue weighted by Crippen LogP contribution is 2.43. The first-order chi connectivity index (χ1) is 17.0. The summed E-state index contributed by atoms with van der Waals surface area (Å²) in [4.78, 5) is 45.0. The van der Waals surface area contributed by atoms with Crippen LogP contribution in [0.15, 0.2) is 72.1 Å². The summed E-state index contributed by atoms with van der Waals surface area (Å²) in [5.41, 5.74) is 0.497. The van der Waals surface area contributed by atoms with Gasteiger partial charge in [0.15, 0.2) is 0 Å². The minimum Gasteiger partial charge on any atom is -0.496 e. The van der Waals surface area contributed by atoms with Crippen molar-refractivity contribution in [2.45, 2.75) is 43.7 Å². The molecule has 0 radical (unpaired) electrons. The molecule has 0 aliphatic carbocycles. The Hall–Kier alpha value is -3.45. The Morgan fingerprint density at radius 3 is 2.57 bits per heavy atom. The summed E-state index contributed by atoms with van der Waals surface area (Å²) in [6, 6.07) is 20.8. The highest BCUT2D eigenvalue weighted by atomic mass is 32.1. The van der Waals surface area contributed by atoms with E-state index in [9.17, 15) is 14.4 Å². The lowest BCUT2D eigenvalue weighted by Crippen LogP contribution is -2.43. The first-order valence-electron chi connectivity index (χ1n) is 11.9. The fourth-order valence-electron chi connectivity index (χ4n) is 5.43. The molecule has 3 amide bonds. The third-order valence-electron chi connectivity index (χ3n) is 7.15. The third-order valence-corrected chi connectivity index (χ3v) is 8.01. The molecule has 2 aliphatic heterocycles. The topological polar surface area (TPSA) is 66.9 Å². The van der Waals surface area contributed by atoms with Gasteiger partial charge in [-0.2, -0.15) is 0 Å². The summed E-state index contributed by atoms with van der Waals surface area (Å²) < 4.78 is 5.56. The fourth-order valence-corrected chi connectivity index (χ4v) is 6.12. The number of hydrogen-bond donors (Lipinski definition) is 0. The number of carbonyl (C=O) groups is 3. The predicted molar refractivity (Wildman–Crippen MR) is 134 cm³/mol. The normalized spacial score (nSPS) is 22.1. The van der Waals surface area contributed by atoms with Crippen molar-refractivity contribution in [3.63, 3.8) is 0 Å². The standard InChI is InChI=1S/C28H28N2O4S/c1-34-24-14-6-5-12-22(24)23-13-7-15-29(23)25(31)17-28(20-9-3-2-4-10-20)18-26(32)30(27(28)33)19-21-11-8-16-35-21/h2-6,8-12,14,16,23H,7,13,15,17-19H2,1H3/t23-,28-/m0/s1. The number of carbonyl (C=O) groups excluding carboxylic acids is 3. The van der Waals surface area contributed by atoms with Crippen molar-refractivity contribution in [2.75, 3.05) is 13.7 Å². The summed E-state index contributed by atoms with van der Waals surface area (Å²) in [6.07, 6.45) is 1.68. The summed E-state index contributed by atoms with van der Waals surface area (Å²) in [5.74, 6) is 0.122. The molecule has 5 rings (SSSR count). The van der Waals surface area contributed by atoms with Crippen LogP contribution < -0.4 is 4.74 Å². The molecule has 0 unspecified atom stereocenters. The van der Waals surface area contributed by atoms with E-state index in [1.165, 1.54) is 16.2 Å². The lowest BCUT2D eigenvalue weighted by molar-refractivity contribution is -0.143. The molecular formula is C28H28N2O4S. The van der Waals surface area contributed by atoms with E-state index < -0.39 is 5.41 Å². The molecule has 6 nitrogen and oxygen atoms in total. The number of imide groups is 1. The lowest BCUT2D eigenvalue weighted by atomic mass is 9.75. The Kier molecular flexibility index (Phi) is 6.43. The molecule has 35 heavy (non-hydrogen) atoms. The zero-order chi connectivity index (χ0) is 24.4. The van der Waals surface area contributed by atoms with Gasteiger partial charge >= 0.3 is 0 Å². The Morgan fingerprint density at radius 1 is 1.06 bits per heavy atom. The number of amides is 3. The van der Waals surface area contributed by atoms with Gasteiger partial charge in [-0.05, 0) is 35.9 Å². The number of thiophene rings is 1. The summed E-state index contributed by atoms with van der Waals surface area (Å²) in [5, 5.41) is 1.93. The van der Waals surface area contributed by atoms with E-state index in [2.05, 4.69) is 0 Å². The number of rotatable bonds is 7. The number of likely N-dealkylation sites (tertiary alicyclic amines) is 2. The molecule has 0 bridgehead atoms. The molecule has 2 aromatic carbocycles.